The van der Waals surface area contributed by atoms with Gasteiger partial charge in [-0.25, -0.2) is 0 Å². The fourth-order valence-corrected chi connectivity index (χ4v) is 2.40. The van der Waals surface area contributed by atoms with Gasteiger partial charge in [-0.2, -0.15) is 0 Å². The molecular weight excluding hydrogens is 238 g/mol. The maximum Gasteiger partial charge on any atom is 0.231 e. The van der Waals surface area contributed by atoms with Gasteiger partial charge in [0.1, 0.15) is 0 Å². The molecule has 2 aromatic rings. The van der Waals surface area contributed by atoms with Crippen LogP contribution in [-0.2, 0) is 4.79 Å². The van der Waals surface area contributed by atoms with Gasteiger partial charge in [-0.15, -0.1) is 0 Å². The summed E-state index contributed by atoms with van der Waals surface area (Å²) in [5.41, 5.74) is 7.19. The van der Waals surface area contributed by atoms with Gasteiger partial charge in [-0.1, -0.05) is 19.9 Å². The number of H-pyrrole nitrogens is 1. The molecule has 0 saturated heterocycles. The van der Waals surface area contributed by atoms with E-state index in [4.69, 9.17) is 5.73 Å². The highest BCUT2D eigenvalue weighted by molar-refractivity contribution is 6.03. The second kappa shape index (κ2) is 5.45. The molecule has 0 aliphatic rings. The Hall–Kier alpha value is -1.81. The van der Waals surface area contributed by atoms with Crippen LogP contribution in [0.25, 0.3) is 10.9 Å². The van der Waals surface area contributed by atoms with Gasteiger partial charge >= 0.3 is 0 Å². The van der Waals surface area contributed by atoms with E-state index in [1.54, 1.807) is 0 Å². The number of nitrogens with two attached hydrogens (primary N) is 1. The maximum atomic E-state index is 12.5. The van der Waals surface area contributed by atoms with E-state index in [1.807, 2.05) is 44.3 Å². The number of benzene rings is 1. The smallest absolute Gasteiger partial charge is 0.231 e. The van der Waals surface area contributed by atoms with E-state index in [0.717, 1.165) is 29.4 Å². The highest BCUT2D eigenvalue weighted by Crippen LogP contribution is 2.29. The molecule has 1 aromatic heterocycles. The molecule has 1 amide bonds. The zero-order chi connectivity index (χ0) is 13.9. The number of fused-ring (bicyclic) bond motifs is 1. The molecular formula is C15H21N3O. The van der Waals surface area contributed by atoms with Crippen LogP contribution in [0.3, 0.4) is 0 Å². The third-order valence-electron chi connectivity index (χ3n) is 4.07. The van der Waals surface area contributed by atoms with Gasteiger partial charge in [-0.3, -0.25) is 4.79 Å². The zero-order valence-corrected chi connectivity index (χ0v) is 11.5. The lowest BCUT2D eigenvalue weighted by molar-refractivity contribution is -0.125. The van der Waals surface area contributed by atoms with Crippen molar-refractivity contribution in [3.63, 3.8) is 0 Å². The molecule has 4 N–H and O–H groups in total. The van der Waals surface area contributed by atoms with Crippen molar-refractivity contribution in [1.82, 2.24) is 4.98 Å². The minimum atomic E-state index is -0.474. The highest BCUT2D eigenvalue weighted by atomic mass is 16.2. The Bertz CT molecular complexity index is 561. The van der Waals surface area contributed by atoms with E-state index in [0.29, 0.717) is 6.54 Å². The number of anilines is 1. The Kier molecular flexibility index (Phi) is 3.90. The van der Waals surface area contributed by atoms with Gasteiger partial charge in [0.25, 0.3) is 0 Å². The topological polar surface area (TPSA) is 70.9 Å². The summed E-state index contributed by atoms with van der Waals surface area (Å²) in [6.07, 6.45) is 3.36. The molecule has 2 rings (SSSR count). The minimum Gasteiger partial charge on any atom is -0.361 e. The van der Waals surface area contributed by atoms with Crippen molar-refractivity contribution in [2.45, 2.75) is 26.7 Å². The predicted molar refractivity (Wildman–Crippen MR) is 79.0 cm³/mol. The molecule has 4 nitrogen and oxygen atoms in total. The van der Waals surface area contributed by atoms with Crippen molar-refractivity contribution in [2.24, 2.45) is 11.1 Å². The Balaban J connectivity index is 2.30. The van der Waals surface area contributed by atoms with Gasteiger partial charge in [0.2, 0.25) is 5.91 Å². The van der Waals surface area contributed by atoms with Crippen LogP contribution in [0.2, 0.25) is 0 Å². The Labute approximate surface area is 113 Å². The van der Waals surface area contributed by atoms with Crippen molar-refractivity contribution < 1.29 is 4.79 Å². The summed E-state index contributed by atoms with van der Waals surface area (Å²) in [4.78, 5) is 15.6. The van der Waals surface area contributed by atoms with Crippen LogP contribution in [0.5, 0.6) is 0 Å². The quantitative estimate of drug-likeness (QED) is 0.772. The second-order valence-electron chi connectivity index (χ2n) is 4.89. The van der Waals surface area contributed by atoms with E-state index < -0.39 is 5.41 Å². The summed E-state index contributed by atoms with van der Waals surface area (Å²) in [6, 6.07) is 7.80. The number of aromatic nitrogens is 1. The van der Waals surface area contributed by atoms with Crippen LogP contribution in [-0.4, -0.2) is 17.4 Å². The summed E-state index contributed by atoms with van der Waals surface area (Å²) in [6.45, 7) is 4.38. The summed E-state index contributed by atoms with van der Waals surface area (Å²) >= 11 is 0. The van der Waals surface area contributed by atoms with Crippen LogP contribution < -0.4 is 11.1 Å². The van der Waals surface area contributed by atoms with Crippen LogP contribution in [0.15, 0.2) is 30.5 Å². The summed E-state index contributed by atoms with van der Waals surface area (Å²) in [5, 5.41) is 4.05. The summed E-state index contributed by atoms with van der Waals surface area (Å²) in [5.74, 6) is 0.00806. The molecule has 1 heterocycles. The van der Waals surface area contributed by atoms with Crippen molar-refractivity contribution in [1.29, 1.82) is 0 Å². The van der Waals surface area contributed by atoms with Gasteiger partial charge in [0, 0.05) is 23.6 Å². The fourth-order valence-electron chi connectivity index (χ4n) is 2.40. The largest absolute Gasteiger partial charge is 0.361 e. The number of hydrogen-bond acceptors (Lipinski definition) is 2. The number of hydrogen-bond donors (Lipinski definition) is 3. The fraction of sp³-hybridized carbons (Fsp3) is 0.400. The monoisotopic (exact) mass is 259 g/mol. The van der Waals surface area contributed by atoms with Crippen LogP contribution >= 0.6 is 0 Å². The normalized spacial score (nSPS) is 11.7. The second-order valence-corrected chi connectivity index (χ2v) is 4.89. The van der Waals surface area contributed by atoms with Gasteiger partial charge in [-0.05, 0) is 31.0 Å². The third kappa shape index (κ3) is 2.36. The Morgan fingerprint density at radius 2 is 2.05 bits per heavy atom. The number of amides is 1. The molecule has 0 aliphatic carbocycles. The van der Waals surface area contributed by atoms with Gasteiger partial charge in [0.15, 0.2) is 0 Å². The average Bonchev–Trinajstić information content (AvgIpc) is 2.91. The first-order chi connectivity index (χ1) is 9.16. The maximum absolute atomic E-state index is 12.5. The molecule has 0 fully saturated rings. The van der Waals surface area contributed by atoms with E-state index in [1.165, 1.54) is 0 Å². The van der Waals surface area contributed by atoms with E-state index >= 15 is 0 Å². The molecule has 0 radical (unpaired) electrons. The molecule has 0 unspecified atom stereocenters. The first kappa shape index (κ1) is 13.6. The lowest BCUT2D eigenvalue weighted by Gasteiger charge is -2.28. The third-order valence-corrected chi connectivity index (χ3v) is 4.07. The number of carbonyl (C=O) groups is 1. The van der Waals surface area contributed by atoms with E-state index in [-0.39, 0.29) is 5.91 Å². The standard InChI is InChI=1S/C15H21N3O/c1-3-15(4-2,10-16)14(19)18-13-7-5-6-12-11(13)8-9-17-12/h5-9,17H,3-4,10,16H2,1-2H3,(H,18,19). The van der Waals surface area contributed by atoms with Gasteiger partial charge in [0.05, 0.1) is 11.1 Å². The SMILES string of the molecule is CCC(CC)(CN)C(=O)Nc1cccc2[nH]ccc12. The summed E-state index contributed by atoms with van der Waals surface area (Å²) < 4.78 is 0. The highest BCUT2D eigenvalue weighted by Gasteiger charge is 2.33. The molecule has 102 valence electrons. The van der Waals surface area contributed by atoms with Crippen molar-refractivity contribution in [3.8, 4) is 0 Å². The molecule has 0 atom stereocenters. The molecule has 0 saturated carbocycles. The molecule has 4 heteroatoms. The van der Waals surface area contributed by atoms with Crippen LogP contribution in [0.1, 0.15) is 26.7 Å². The van der Waals surface area contributed by atoms with Crippen molar-refractivity contribution in [3.05, 3.63) is 30.5 Å². The first-order valence-corrected chi connectivity index (χ1v) is 6.74. The lowest BCUT2D eigenvalue weighted by Crippen LogP contribution is -2.41. The average molecular weight is 259 g/mol. The minimum absolute atomic E-state index is 0.00806. The number of carbonyl (C=O) groups excluding carboxylic acids is 1. The Morgan fingerprint density at radius 3 is 2.68 bits per heavy atom. The van der Waals surface area contributed by atoms with E-state index in [2.05, 4.69) is 10.3 Å². The Morgan fingerprint density at radius 1 is 1.32 bits per heavy atom. The molecule has 0 bridgehead atoms. The van der Waals surface area contributed by atoms with Gasteiger partial charge < -0.3 is 16.0 Å². The number of rotatable bonds is 5. The van der Waals surface area contributed by atoms with Crippen molar-refractivity contribution >= 4 is 22.5 Å². The molecule has 0 spiro atoms. The van der Waals surface area contributed by atoms with Crippen LogP contribution in [0, 0.1) is 5.41 Å². The molecule has 0 aliphatic heterocycles. The van der Waals surface area contributed by atoms with E-state index in [9.17, 15) is 4.79 Å². The first-order valence-electron chi connectivity index (χ1n) is 6.74. The molecule has 1 aromatic carbocycles. The molecule has 19 heavy (non-hydrogen) atoms. The number of nitrogens with one attached hydrogen (secondary N) is 2. The predicted octanol–water partition coefficient (Wildman–Crippen LogP) is 2.87. The zero-order valence-electron chi connectivity index (χ0n) is 11.5. The number of aromatic amines is 1. The summed E-state index contributed by atoms with van der Waals surface area (Å²) in [7, 11) is 0. The lowest BCUT2D eigenvalue weighted by atomic mass is 9.81. The van der Waals surface area contributed by atoms with Crippen LogP contribution in [0.4, 0.5) is 5.69 Å². The van der Waals surface area contributed by atoms with Crippen molar-refractivity contribution in [2.75, 3.05) is 11.9 Å².